The Labute approximate surface area is 187 Å². The zero-order valence-electron chi connectivity index (χ0n) is 18.1. The third-order valence-corrected chi connectivity index (χ3v) is 5.83. The van der Waals surface area contributed by atoms with Crippen molar-refractivity contribution in [1.29, 1.82) is 0 Å². The maximum atomic E-state index is 12.8. The third-order valence-electron chi connectivity index (χ3n) is 5.83. The van der Waals surface area contributed by atoms with Gasteiger partial charge in [0, 0.05) is 50.4 Å². The van der Waals surface area contributed by atoms with Crippen molar-refractivity contribution in [3.05, 3.63) is 46.1 Å². The molecule has 10 nitrogen and oxygen atoms in total. The van der Waals surface area contributed by atoms with E-state index in [1.807, 2.05) is 6.92 Å². The second-order valence-electron chi connectivity index (χ2n) is 8.47. The molecule has 2 aromatic rings. The highest BCUT2D eigenvalue weighted by Crippen LogP contribution is 2.32. The normalized spacial score (nSPS) is 20.9. The Morgan fingerprint density at radius 2 is 1.88 bits per heavy atom. The Morgan fingerprint density at radius 1 is 1.24 bits per heavy atom. The summed E-state index contributed by atoms with van der Waals surface area (Å²) >= 11 is 0. The summed E-state index contributed by atoms with van der Waals surface area (Å²) in [7, 11) is 1.53. The smallest absolute Gasteiger partial charge is 0.416 e. The summed E-state index contributed by atoms with van der Waals surface area (Å²) in [6, 6.07) is 4.41. The van der Waals surface area contributed by atoms with E-state index in [9.17, 15) is 28.1 Å². The molecule has 13 heteroatoms. The fraction of sp³-hybridized carbons (Fsp3) is 0.500. The Balaban J connectivity index is 1.30. The molecule has 1 aromatic heterocycles. The van der Waals surface area contributed by atoms with Crippen molar-refractivity contribution in [2.45, 2.75) is 25.2 Å². The molecule has 0 radical (unpaired) electrons. The molecule has 3 heterocycles. The first-order valence-electron chi connectivity index (χ1n) is 10.3. The number of hydrogen-bond donors (Lipinski definition) is 0. The molecule has 0 aliphatic carbocycles. The van der Waals surface area contributed by atoms with Crippen LogP contribution in [0.1, 0.15) is 12.5 Å². The lowest BCUT2D eigenvalue weighted by Crippen LogP contribution is -2.55. The van der Waals surface area contributed by atoms with Crippen molar-refractivity contribution < 1.29 is 27.6 Å². The zero-order chi connectivity index (χ0) is 24.0. The minimum atomic E-state index is -4.43. The number of carbonyl (C=O) groups is 1. The highest BCUT2D eigenvalue weighted by atomic mass is 19.4. The molecular weight excluding hydrogens is 445 g/mol. The molecule has 1 saturated heterocycles. The largest absolute Gasteiger partial charge is 0.436 e. The lowest BCUT2D eigenvalue weighted by molar-refractivity contribution is -0.389. The standard InChI is InChI=1S/C20H23F3N6O4/c1-19(13-28-11-16(29(31)32)24-17(28)33-19)12-26-7-9-27(10-8-26)18(30)25(2)15-5-3-14(4-6-15)20(21,22)23/h3-6,11H,7-10,12-13H2,1-2H3/t19-/m0/s1. The quantitative estimate of drug-likeness (QED) is 0.506. The van der Waals surface area contributed by atoms with E-state index in [4.69, 9.17) is 4.74 Å². The van der Waals surface area contributed by atoms with Crippen LogP contribution in [0.5, 0.6) is 6.01 Å². The fourth-order valence-electron chi connectivity index (χ4n) is 4.13. The summed E-state index contributed by atoms with van der Waals surface area (Å²) in [6.45, 7) is 4.98. The number of hydrogen-bond acceptors (Lipinski definition) is 6. The fourth-order valence-corrected chi connectivity index (χ4v) is 4.13. The molecule has 0 N–H and O–H groups in total. The van der Waals surface area contributed by atoms with Gasteiger partial charge in [0.2, 0.25) is 0 Å². The molecule has 0 bridgehead atoms. The maximum Gasteiger partial charge on any atom is 0.416 e. The Bertz CT molecular complexity index is 1020. The number of benzene rings is 1. The molecule has 0 spiro atoms. The van der Waals surface area contributed by atoms with Crippen LogP contribution in [0.15, 0.2) is 30.5 Å². The van der Waals surface area contributed by atoms with Gasteiger partial charge in [-0.1, -0.05) is 0 Å². The van der Waals surface area contributed by atoms with E-state index in [2.05, 4.69) is 9.88 Å². The number of piperazine rings is 1. The van der Waals surface area contributed by atoms with Gasteiger partial charge in [0.25, 0.3) is 0 Å². The van der Waals surface area contributed by atoms with E-state index < -0.39 is 22.3 Å². The number of ether oxygens (including phenoxy) is 1. The molecule has 0 saturated carbocycles. The van der Waals surface area contributed by atoms with Crippen LogP contribution in [0, 0.1) is 10.1 Å². The number of carbonyl (C=O) groups excluding carboxylic acids is 1. The molecule has 0 unspecified atom stereocenters. The highest BCUT2D eigenvalue weighted by molar-refractivity contribution is 5.91. The molecule has 1 atom stereocenters. The monoisotopic (exact) mass is 468 g/mol. The van der Waals surface area contributed by atoms with Gasteiger partial charge in [0.1, 0.15) is 11.8 Å². The Hall–Kier alpha value is -3.35. The molecule has 4 rings (SSSR count). The first-order valence-corrected chi connectivity index (χ1v) is 10.3. The van der Waals surface area contributed by atoms with E-state index in [1.54, 1.807) is 9.47 Å². The third kappa shape index (κ3) is 4.72. The van der Waals surface area contributed by atoms with Gasteiger partial charge in [-0.25, -0.2) is 4.79 Å². The predicted molar refractivity (Wildman–Crippen MR) is 111 cm³/mol. The SMILES string of the molecule is CN(C(=O)N1CCN(C[C@@]2(C)Cn3cc([N+](=O)[O-])nc3O2)CC1)c1ccc(C(F)(F)F)cc1. The zero-order valence-corrected chi connectivity index (χ0v) is 18.1. The number of aromatic nitrogens is 2. The number of halogens is 3. The second kappa shape index (κ2) is 8.21. The number of nitrogens with zero attached hydrogens (tertiary/aromatic N) is 6. The molecule has 33 heavy (non-hydrogen) atoms. The van der Waals surface area contributed by atoms with Gasteiger partial charge in [-0.15, -0.1) is 0 Å². The summed E-state index contributed by atoms with van der Waals surface area (Å²) in [6.07, 6.45) is -3.07. The average molecular weight is 468 g/mol. The second-order valence-corrected chi connectivity index (χ2v) is 8.47. The van der Waals surface area contributed by atoms with Gasteiger partial charge in [-0.3, -0.25) is 14.4 Å². The van der Waals surface area contributed by atoms with Crippen LogP contribution in [-0.2, 0) is 12.7 Å². The number of nitro groups is 1. The number of amides is 2. The van der Waals surface area contributed by atoms with E-state index in [0.29, 0.717) is 45.0 Å². The van der Waals surface area contributed by atoms with E-state index in [-0.39, 0.29) is 17.9 Å². The summed E-state index contributed by atoms with van der Waals surface area (Å²) in [5.41, 5.74) is -0.980. The average Bonchev–Trinajstić information content (AvgIpc) is 3.28. The van der Waals surface area contributed by atoms with Gasteiger partial charge >= 0.3 is 24.0 Å². The van der Waals surface area contributed by atoms with Gasteiger partial charge < -0.3 is 19.8 Å². The van der Waals surface area contributed by atoms with Gasteiger partial charge in [0.15, 0.2) is 0 Å². The summed E-state index contributed by atoms with van der Waals surface area (Å²) in [5, 5.41) is 10.8. The van der Waals surface area contributed by atoms with Crippen LogP contribution in [0.2, 0.25) is 0 Å². The summed E-state index contributed by atoms with van der Waals surface area (Å²) < 4.78 is 45.8. The number of rotatable bonds is 4. The number of imidazole rings is 1. The Kier molecular flexibility index (Phi) is 5.68. The molecule has 1 fully saturated rings. The number of alkyl halides is 3. The number of fused-ring (bicyclic) bond motifs is 1. The van der Waals surface area contributed by atoms with E-state index in [1.165, 1.54) is 30.3 Å². The van der Waals surface area contributed by atoms with Crippen LogP contribution in [0.3, 0.4) is 0 Å². The first-order chi connectivity index (χ1) is 15.4. The molecule has 2 aliphatic rings. The van der Waals surface area contributed by atoms with Gasteiger partial charge in [-0.05, 0) is 36.1 Å². The molecule has 2 amide bonds. The van der Waals surface area contributed by atoms with Gasteiger partial charge in [-0.2, -0.15) is 13.2 Å². The minimum Gasteiger partial charge on any atom is -0.436 e. The molecule has 178 valence electrons. The lowest BCUT2D eigenvalue weighted by atomic mass is 10.1. The highest BCUT2D eigenvalue weighted by Gasteiger charge is 2.42. The van der Waals surface area contributed by atoms with Crippen LogP contribution in [0.4, 0.5) is 29.5 Å². The van der Waals surface area contributed by atoms with Crippen LogP contribution >= 0.6 is 0 Å². The molecule has 1 aromatic carbocycles. The topological polar surface area (TPSA) is 97.0 Å². The van der Waals surface area contributed by atoms with E-state index in [0.717, 1.165) is 12.1 Å². The number of anilines is 1. The predicted octanol–water partition coefficient (Wildman–Crippen LogP) is 2.84. The van der Waals surface area contributed by atoms with Crippen molar-refractivity contribution in [2.75, 3.05) is 44.7 Å². The van der Waals surface area contributed by atoms with Crippen molar-refractivity contribution in [3.63, 3.8) is 0 Å². The summed E-state index contributed by atoms with van der Waals surface area (Å²) in [4.78, 5) is 32.1. The Morgan fingerprint density at radius 3 is 2.42 bits per heavy atom. The van der Waals surface area contributed by atoms with Crippen LogP contribution in [0.25, 0.3) is 0 Å². The van der Waals surface area contributed by atoms with Crippen LogP contribution in [-0.4, -0.2) is 75.7 Å². The van der Waals surface area contributed by atoms with Crippen molar-refractivity contribution >= 4 is 17.5 Å². The van der Waals surface area contributed by atoms with E-state index >= 15 is 0 Å². The number of urea groups is 1. The van der Waals surface area contributed by atoms with Crippen molar-refractivity contribution in [1.82, 2.24) is 19.4 Å². The van der Waals surface area contributed by atoms with Crippen molar-refractivity contribution in [3.8, 4) is 6.01 Å². The first kappa shape index (κ1) is 22.8. The lowest BCUT2D eigenvalue weighted by Gasteiger charge is -2.39. The van der Waals surface area contributed by atoms with Gasteiger partial charge in [0.05, 0.1) is 12.1 Å². The minimum absolute atomic E-state index is 0.219. The van der Waals surface area contributed by atoms with Crippen molar-refractivity contribution in [2.24, 2.45) is 0 Å². The summed E-state index contributed by atoms with van der Waals surface area (Å²) in [5.74, 6) is -0.253. The molecular formula is C20H23F3N6O4. The molecule has 2 aliphatic heterocycles. The maximum absolute atomic E-state index is 12.8. The van der Waals surface area contributed by atoms with Crippen LogP contribution < -0.4 is 9.64 Å².